The van der Waals surface area contributed by atoms with E-state index in [4.69, 9.17) is 4.74 Å². The van der Waals surface area contributed by atoms with Crippen LogP contribution in [0, 0.1) is 0 Å². The minimum atomic E-state index is 0.638. The Morgan fingerprint density at radius 2 is 1.80 bits per heavy atom. The molecule has 0 saturated carbocycles. The van der Waals surface area contributed by atoms with Gasteiger partial charge in [-0.3, -0.25) is 0 Å². The largest absolute Gasteiger partial charge is 0.380 e. The summed E-state index contributed by atoms with van der Waals surface area (Å²) in [5, 5.41) is 3.46. The molecule has 0 aliphatic carbocycles. The van der Waals surface area contributed by atoms with Crippen LogP contribution < -0.4 is 5.32 Å². The first kappa shape index (κ1) is 14.9. The summed E-state index contributed by atoms with van der Waals surface area (Å²) in [5.74, 6) is 0. The lowest BCUT2D eigenvalue weighted by Gasteiger charge is -2.12. The zero-order valence-electron chi connectivity index (χ0n) is 10.8. The maximum Gasteiger partial charge on any atom is 0.0590 e. The van der Waals surface area contributed by atoms with Crippen LogP contribution in [0.15, 0.2) is 0 Å². The highest BCUT2D eigenvalue weighted by molar-refractivity contribution is 4.58. The van der Waals surface area contributed by atoms with E-state index in [9.17, 15) is 0 Å². The molecule has 0 aromatic heterocycles. The van der Waals surface area contributed by atoms with Crippen LogP contribution in [0.5, 0.6) is 0 Å². The van der Waals surface area contributed by atoms with Crippen molar-refractivity contribution in [3.05, 3.63) is 0 Å². The summed E-state index contributed by atoms with van der Waals surface area (Å²) in [6.45, 7) is 9.49. The molecule has 0 amide bonds. The monoisotopic (exact) mass is 215 g/mol. The van der Waals surface area contributed by atoms with Crippen molar-refractivity contribution in [2.45, 2.75) is 65.3 Å². The van der Waals surface area contributed by atoms with E-state index in [1.54, 1.807) is 0 Å². The lowest BCUT2D eigenvalue weighted by molar-refractivity contribution is 0.129. The van der Waals surface area contributed by atoms with Gasteiger partial charge in [-0.05, 0) is 19.8 Å². The Hall–Kier alpha value is -0.0800. The van der Waals surface area contributed by atoms with Gasteiger partial charge in [-0.1, -0.05) is 39.5 Å². The molecule has 1 unspecified atom stereocenters. The average molecular weight is 215 g/mol. The van der Waals surface area contributed by atoms with Gasteiger partial charge in [0.25, 0.3) is 0 Å². The summed E-state index contributed by atoms with van der Waals surface area (Å²) in [4.78, 5) is 0. The van der Waals surface area contributed by atoms with Crippen LogP contribution in [0.1, 0.15) is 59.3 Å². The Bertz CT molecular complexity index is 117. The second-order valence-corrected chi connectivity index (χ2v) is 4.32. The molecule has 1 N–H and O–H groups in total. The maximum absolute atomic E-state index is 5.55. The van der Waals surface area contributed by atoms with Gasteiger partial charge < -0.3 is 10.1 Å². The number of hydrogen-bond acceptors (Lipinski definition) is 2. The quantitative estimate of drug-likeness (QED) is 0.534. The van der Waals surface area contributed by atoms with Gasteiger partial charge in [0.05, 0.1) is 6.61 Å². The van der Waals surface area contributed by atoms with Gasteiger partial charge in [0.1, 0.15) is 0 Å². The van der Waals surface area contributed by atoms with Gasteiger partial charge in [-0.2, -0.15) is 0 Å². The van der Waals surface area contributed by atoms with Crippen LogP contribution in [0.2, 0.25) is 0 Å². The molecule has 0 rings (SSSR count). The van der Waals surface area contributed by atoms with E-state index < -0.39 is 0 Å². The predicted octanol–water partition coefficient (Wildman–Crippen LogP) is 3.36. The minimum Gasteiger partial charge on any atom is -0.380 e. The van der Waals surface area contributed by atoms with Crippen LogP contribution in [-0.4, -0.2) is 25.8 Å². The third kappa shape index (κ3) is 11.8. The van der Waals surface area contributed by atoms with E-state index in [0.717, 1.165) is 19.8 Å². The normalized spacial score (nSPS) is 13.0. The van der Waals surface area contributed by atoms with Crippen LogP contribution in [0.25, 0.3) is 0 Å². The maximum atomic E-state index is 5.55. The highest BCUT2D eigenvalue weighted by Gasteiger charge is 1.97. The van der Waals surface area contributed by atoms with Gasteiger partial charge in [0, 0.05) is 19.2 Å². The summed E-state index contributed by atoms with van der Waals surface area (Å²) >= 11 is 0. The van der Waals surface area contributed by atoms with Crippen molar-refractivity contribution in [1.82, 2.24) is 5.32 Å². The molecule has 0 spiro atoms. The fourth-order valence-electron chi connectivity index (χ4n) is 1.65. The topological polar surface area (TPSA) is 21.3 Å². The molecule has 0 radical (unpaired) electrons. The Labute approximate surface area is 95.8 Å². The molecule has 0 aromatic rings. The van der Waals surface area contributed by atoms with Crippen molar-refractivity contribution in [1.29, 1.82) is 0 Å². The Morgan fingerprint density at radius 1 is 1.00 bits per heavy atom. The smallest absolute Gasteiger partial charge is 0.0590 e. The number of ether oxygens (including phenoxy) is 1. The summed E-state index contributed by atoms with van der Waals surface area (Å²) < 4.78 is 5.55. The molecule has 0 fully saturated rings. The molecule has 0 bridgehead atoms. The van der Waals surface area contributed by atoms with Crippen LogP contribution >= 0.6 is 0 Å². The van der Waals surface area contributed by atoms with E-state index in [1.165, 1.54) is 38.5 Å². The van der Waals surface area contributed by atoms with Crippen molar-refractivity contribution in [3.8, 4) is 0 Å². The molecule has 15 heavy (non-hydrogen) atoms. The Kier molecular flexibility index (Phi) is 11.9. The van der Waals surface area contributed by atoms with Crippen molar-refractivity contribution in [2.75, 3.05) is 19.8 Å². The summed E-state index contributed by atoms with van der Waals surface area (Å²) in [7, 11) is 0. The van der Waals surface area contributed by atoms with E-state index >= 15 is 0 Å². The second-order valence-electron chi connectivity index (χ2n) is 4.32. The first-order chi connectivity index (χ1) is 7.31. The highest BCUT2D eigenvalue weighted by atomic mass is 16.5. The summed E-state index contributed by atoms with van der Waals surface area (Å²) in [6.07, 6.45) is 7.70. The zero-order valence-corrected chi connectivity index (χ0v) is 10.8. The van der Waals surface area contributed by atoms with Crippen LogP contribution in [0.3, 0.4) is 0 Å². The minimum absolute atomic E-state index is 0.638. The SMILES string of the molecule is CCCCCCOCCNC(C)CCC. The first-order valence-electron chi connectivity index (χ1n) is 6.62. The first-order valence-corrected chi connectivity index (χ1v) is 6.62. The van der Waals surface area contributed by atoms with Crippen molar-refractivity contribution in [2.24, 2.45) is 0 Å². The molecule has 0 aliphatic rings. The van der Waals surface area contributed by atoms with Gasteiger partial charge in [-0.15, -0.1) is 0 Å². The standard InChI is InChI=1S/C13H29NO/c1-4-6-7-8-11-15-12-10-14-13(3)9-5-2/h13-14H,4-12H2,1-3H3. The molecule has 0 heterocycles. The zero-order chi connectivity index (χ0) is 11.4. The Balaban J connectivity index is 2.98. The molecule has 0 aromatic carbocycles. The van der Waals surface area contributed by atoms with Gasteiger partial charge in [0.2, 0.25) is 0 Å². The lowest BCUT2D eigenvalue weighted by Crippen LogP contribution is -2.29. The summed E-state index contributed by atoms with van der Waals surface area (Å²) in [5.41, 5.74) is 0. The van der Waals surface area contributed by atoms with Crippen LogP contribution in [0.4, 0.5) is 0 Å². The number of rotatable bonds is 11. The predicted molar refractivity (Wildman–Crippen MR) is 67.3 cm³/mol. The van der Waals surface area contributed by atoms with E-state index in [1.807, 2.05) is 0 Å². The second kappa shape index (κ2) is 12.0. The van der Waals surface area contributed by atoms with Crippen LogP contribution in [-0.2, 0) is 4.74 Å². The number of unbranched alkanes of at least 4 members (excludes halogenated alkanes) is 3. The molecule has 1 atom stereocenters. The molecular formula is C13H29NO. The third-order valence-corrected chi connectivity index (χ3v) is 2.60. The van der Waals surface area contributed by atoms with Gasteiger partial charge >= 0.3 is 0 Å². The summed E-state index contributed by atoms with van der Waals surface area (Å²) in [6, 6.07) is 0.638. The Morgan fingerprint density at radius 3 is 2.47 bits per heavy atom. The molecular weight excluding hydrogens is 186 g/mol. The van der Waals surface area contributed by atoms with Gasteiger partial charge in [-0.25, -0.2) is 0 Å². The number of hydrogen-bond donors (Lipinski definition) is 1. The highest BCUT2D eigenvalue weighted by Crippen LogP contribution is 1.98. The lowest BCUT2D eigenvalue weighted by atomic mass is 10.2. The average Bonchev–Trinajstić information content (AvgIpc) is 2.22. The van der Waals surface area contributed by atoms with E-state index in [0.29, 0.717) is 6.04 Å². The van der Waals surface area contributed by atoms with E-state index in [2.05, 4.69) is 26.1 Å². The molecule has 92 valence electrons. The van der Waals surface area contributed by atoms with Crippen molar-refractivity contribution < 1.29 is 4.74 Å². The molecule has 0 aliphatic heterocycles. The molecule has 0 saturated heterocycles. The van der Waals surface area contributed by atoms with E-state index in [-0.39, 0.29) is 0 Å². The van der Waals surface area contributed by atoms with Gasteiger partial charge in [0.15, 0.2) is 0 Å². The number of nitrogens with one attached hydrogen (secondary N) is 1. The third-order valence-electron chi connectivity index (χ3n) is 2.60. The van der Waals surface area contributed by atoms with Crippen molar-refractivity contribution >= 4 is 0 Å². The fourth-order valence-corrected chi connectivity index (χ4v) is 1.65. The fraction of sp³-hybridized carbons (Fsp3) is 1.00. The molecule has 2 heteroatoms. The molecule has 2 nitrogen and oxygen atoms in total. The van der Waals surface area contributed by atoms with Crippen molar-refractivity contribution in [3.63, 3.8) is 0 Å².